The van der Waals surface area contributed by atoms with Gasteiger partial charge in [-0.1, -0.05) is 6.42 Å². The predicted molar refractivity (Wildman–Crippen MR) is 78.2 cm³/mol. The van der Waals surface area contributed by atoms with Crippen molar-refractivity contribution in [3.63, 3.8) is 0 Å². The quantitative estimate of drug-likeness (QED) is 0.744. The molecule has 7 heteroatoms. The largest absolute Gasteiger partial charge is 0.481 e. The first-order valence-corrected chi connectivity index (χ1v) is 7.81. The first kappa shape index (κ1) is 16.6. The maximum Gasteiger partial charge on any atom is 0.317 e. The number of carbonyl (C=O) groups is 3. The molecule has 0 aromatic rings. The highest BCUT2D eigenvalue weighted by Crippen LogP contribution is 2.48. The Balaban J connectivity index is 1.80. The Morgan fingerprint density at radius 2 is 2.14 bits per heavy atom. The number of hydrogen-bond donors (Lipinski definition) is 2. The molecule has 1 saturated carbocycles. The van der Waals surface area contributed by atoms with Crippen LogP contribution in [0.15, 0.2) is 0 Å². The maximum atomic E-state index is 12.1. The van der Waals surface area contributed by atoms with E-state index in [-0.39, 0.29) is 43.5 Å². The fourth-order valence-electron chi connectivity index (χ4n) is 3.50. The molecule has 0 aromatic carbocycles. The van der Waals surface area contributed by atoms with Crippen LogP contribution in [0.1, 0.15) is 39.5 Å². The van der Waals surface area contributed by atoms with Gasteiger partial charge in [0.2, 0.25) is 0 Å². The lowest BCUT2D eigenvalue weighted by atomic mass is 9.81. The van der Waals surface area contributed by atoms with Crippen LogP contribution < -0.4 is 5.32 Å². The van der Waals surface area contributed by atoms with Gasteiger partial charge in [0.1, 0.15) is 0 Å². The van der Waals surface area contributed by atoms with Gasteiger partial charge in [-0.3, -0.25) is 9.59 Å². The van der Waals surface area contributed by atoms with E-state index in [2.05, 4.69) is 5.32 Å². The molecular formula is C15H24N2O5. The summed E-state index contributed by atoms with van der Waals surface area (Å²) in [5, 5.41) is 12.2. The van der Waals surface area contributed by atoms with E-state index < -0.39 is 11.4 Å². The van der Waals surface area contributed by atoms with Crippen molar-refractivity contribution >= 4 is 18.0 Å². The number of hydrogen-bond acceptors (Lipinski definition) is 4. The summed E-state index contributed by atoms with van der Waals surface area (Å²) >= 11 is 0. The smallest absolute Gasteiger partial charge is 0.317 e. The van der Waals surface area contributed by atoms with Gasteiger partial charge in [0.05, 0.1) is 17.9 Å². The van der Waals surface area contributed by atoms with Crippen LogP contribution in [0.3, 0.4) is 0 Å². The van der Waals surface area contributed by atoms with Gasteiger partial charge >= 0.3 is 18.0 Å². The Morgan fingerprint density at radius 3 is 2.73 bits per heavy atom. The third kappa shape index (κ3) is 3.34. The van der Waals surface area contributed by atoms with Gasteiger partial charge in [0, 0.05) is 19.6 Å². The van der Waals surface area contributed by atoms with E-state index >= 15 is 0 Å². The van der Waals surface area contributed by atoms with Gasteiger partial charge in [-0.2, -0.15) is 0 Å². The number of nitrogens with one attached hydrogen (secondary N) is 1. The maximum absolute atomic E-state index is 12.1. The Hall–Kier alpha value is -1.79. The molecule has 7 nitrogen and oxygen atoms in total. The van der Waals surface area contributed by atoms with Gasteiger partial charge in [0.25, 0.3) is 0 Å². The van der Waals surface area contributed by atoms with Crippen molar-refractivity contribution in [3.05, 3.63) is 0 Å². The highest BCUT2D eigenvalue weighted by atomic mass is 16.5. The van der Waals surface area contributed by atoms with Crippen LogP contribution >= 0.6 is 0 Å². The summed E-state index contributed by atoms with van der Waals surface area (Å²) < 4.78 is 4.98. The molecule has 0 bridgehead atoms. The molecule has 0 spiro atoms. The number of rotatable bonds is 5. The number of carboxylic acid groups (broad SMARTS) is 1. The number of esters is 1. The molecular weight excluding hydrogens is 288 g/mol. The Kier molecular flexibility index (Phi) is 4.93. The number of aliphatic carboxylic acids is 1. The van der Waals surface area contributed by atoms with Crippen molar-refractivity contribution in [1.29, 1.82) is 0 Å². The van der Waals surface area contributed by atoms with Crippen LogP contribution in [0.5, 0.6) is 0 Å². The molecule has 0 radical (unpaired) electrons. The first-order valence-electron chi connectivity index (χ1n) is 7.81. The van der Waals surface area contributed by atoms with Crippen molar-refractivity contribution in [2.45, 2.75) is 45.6 Å². The standard InChI is InChI=1S/C15H24N2O5/c1-10(2)22-12(18)5-7-16-14(21)17-8-11-4-3-6-15(11,9-17)13(19)20/h10-11H,3-9H2,1-2H3,(H,16,21)(H,19,20)/t11-,15+/m0/s1. The van der Waals surface area contributed by atoms with Gasteiger partial charge in [-0.25, -0.2) is 4.79 Å². The van der Waals surface area contributed by atoms with Crippen LogP contribution in [0, 0.1) is 11.3 Å². The molecule has 0 aromatic heterocycles. The van der Waals surface area contributed by atoms with E-state index in [0.717, 1.165) is 12.8 Å². The highest BCUT2D eigenvalue weighted by Gasteiger charge is 2.55. The molecule has 2 atom stereocenters. The molecule has 1 saturated heterocycles. The number of carboxylic acids is 1. The summed E-state index contributed by atoms with van der Waals surface area (Å²) in [4.78, 5) is 36.6. The second-order valence-corrected chi connectivity index (χ2v) is 6.45. The molecule has 0 unspecified atom stereocenters. The molecule has 22 heavy (non-hydrogen) atoms. The fraction of sp³-hybridized carbons (Fsp3) is 0.800. The zero-order valence-electron chi connectivity index (χ0n) is 13.1. The SMILES string of the molecule is CC(C)OC(=O)CCNC(=O)N1C[C@@H]2CCC[C@@]2(C(=O)O)C1. The van der Waals surface area contributed by atoms with Crippen LogP contribution in [0.25, 0.3) is 0 Å². The molecule has 2 rings (SSSR count). The van der Waals surface area contributed by atoms with E-state index in [1.54, 1.807) is 18.7 Å². The molecule has 1 aliphatic carbocycles. The topological polar surface area (TPSA) is 95.9 Å². The summed E-state index contributed by atoms with van der Waals surface area (Å²) in [5.74, 6) is -1.11. The molecule has 2 fully saturated rings. The van der Waals surface area contributed by atoms with Crippen molar-refractivity contribution in [2.75, 3.05) is 19.6 Å². The van der Waals surface area contributed by atoms with Crippen LogP contribution in [0.4, 0.5) is 4.79 Å². The zero-order valence-corrected chi connectivity index (χ0v) is 13.1. The highest BCUT2D eigenvalue weighted by molar-refractivity contribution is 5.81. The lowest BCUT2D eigenvalue weighted by Crippen LogP contribution is -2.42. The minimum Gasteiger partial charge on any atom is -0.481 e. The Bertz CT molecular complexity index is 465. The van der Waals surface area contributed by atoms with E-state index in [1.807, 2.05) is 0 Å². The third-order valence-electron chi connectivity index (χ3n) is 4.56. The van der Waals surface area contributed by atoms with Gasteiger partial charge in [-0.05, 0) is 32.6 Å². The molecule has 2 amide bonds. The Labute approximate surface area is 130 Å². The predicted octanol–water partition coefficient (Wildman–Crippen LogP) is 1.22. The number of carbonyl (C=O) groups excluding carboxylic acids is 2. The van der Waals surface area contributed by atoms with Crippen molar-refractivity contribution in [2.24, 2.45) is 11.3 Å². The van der Waals surface area contributed by atoms with E-state index in [0.29, 0.717) is 13.0 Å². The summed E-state index contributed by atoms with van der Waals surface area (Å²) in [6, 6.07) is -0.299. The minimum absolute atomic E-state index is 0.0432. The average molecular weight is 312 g/mol. The lowest BCUT2D eigenvalue weighted by Gasteiger charge is -2.23. The number of fused-ring (bicyclic) bond motifs is 1. The first-order chi connectivity index (χ1) is 10.3. The number of amides is 2. The van der Waals surface area contributed by atoms with Crippen LogP contribution in [-0.2, 0) is 14.3 Å². The van der Waals surface area contributed by atoms with Crippen LogP contribution in [0.2, 0.25) is 0 Å². The summed E-state index contributed by atoms with van der Waals surface area (Å²) in [6.07, 6.45) is 2.35. The van der Waals surface area contributed by atoms with Crippen molar-refractivity contribution in [1.82, 2.24) is 10.2 Å². The number of nitrogens with zero attached hydrogens (tertiary/aromatic N) is 1. The number of ether oxygens (including phenoxy) is 1. The molecule has 2 N–H and O–H groups in total. The van der Waals surface area contributed by atoms with E-state index in [9.17, 15) is 19.5 Å². The third-order valence-corrected chi connectivity index (χ3v) is 4.56. The normalized spacial score (nSPS) is 26.9. The molecule has 1 heterocycles. The molecule has 2 aliphatic rings. The molecule has 1 aliphatic heterocycles. The van der Waals surface area contributed by atoms with E-state index in [4.69, 9.17) is 4.74 Å². The second kappa shape index (κ2) is 6.54. The van der Waals surface area contributed by atoms with Gasteiger partial charge in [0.15, 0.2) is 0 Å². The zero-order chi connectivity index (χ0) is 16.3. The van der Waals surface area contributed by atoms with Gasteiger partial charge in [-0.15, -0.1) is 0 Å². The monoisotopic (exact) mass is 312 g/mol. The Morgan fingerprint density at radius 1 is 1.41 bits per heavy atom. The summed E-state index contributed by atoms with van der Waals surface area (Å²) in [7, 11) is 0. The number of urea groups is 1. The summed E-state index contributed by atoms with van der Waals surface area (Å²) in [5.41, 5.74) is -0.770. The second-order valence-electron chi connectivity index (χ2n) is 6.45. The lowest BCUT2D eigenvalue weighted by molar-refractivity contribution is -0.149. The van der Waals surface area contributed by atoms with Gasteiger partial charge < -0.3 is 20.1 Å². The van der Waals surface area contributed by atoms with Crippen molar-refractivity contribution in [3.8, 4) is 0 Å². The minimum atomic E-state index is -0.800. The average Bonchev–Trinajstić information content (AvgIpc) is 2.94. The van der Waals surface area contributed by atoms with E-state index in [1.165, 1.54) is 0 Å². The fourth-order valence-corrected chi connectivity index (χ4v) is 3.50. The van der Waals surface area contributed by atoms with Crippen molar-refractivity contribution < 1.29 is 24.2 Å². The summed E-state index contributed by atoms with van der Waals surface area (Å²) in [6.45, 7) is 4.48. The number of likely N-dealkylation sites (tertiary alicyclic amines) is 1. The molecule has 124 valence electrons. The van der Waals surface area contributed by atoms with Crippen LogP contribution in [-0.4, -0.2) is 53.7 Å².